The summed E-state index contributed by atoms with van der Waals surface area (Å²) >= 11 is 0. The minimum absolute atomic E-state index is 0.00612. The number of rotatable bonds is 12. The molecule has 0 unspecified atom stereocenters. The number of hydrogen-bond acceptors (Lipinski definition) is 7. The van der Waals surface area contributed by atoms with Crippen LogP contribution in [-0.2, 0) is 19.1 Å². The van der Waals surface area contributed by atoms with E-state index in [1.165, 1.54) is 19.2 Å². The lowest BCUT2D eigenvalue weighted by Gasteiger charge is -2.13. The van der Waals surface area contributed by atoms with Crippen LogP contribution >= 0.6 is 0 Å². The molecule has 0 amide bonds. The molecule has 206 valence electrons. The van der Waals surface area contributed by atoms with E-state index in [2.05, 4.69) is 11.9 Å². The summed E-state index contributed by atoms with van der Waals surface area (Å²) in [4.78, 5) is 34.9. The third-order valence-corrected chi connectivity index (χ3v) is 5.91. The first-order chi connectivity index (χ1) is 19.2. The van der Waals surface area contributed by atoms with Gasteiger partial charge in [0.2, 0.25) is 0 Å². The molecule has 8 nitrogen and oxygen atoms in total. The van der Waals surface area contributed by atoms with Crippen molar-refractivity contribution in [2.24, 2.45) is 0 Å². The van der Waals surface area contributed by atoms with Gasteiger partial charge in [0.1, 0.15) is 0 Å². The van der Waals surface area contributed by atoms with Crippen molar-refractivity contribution in [3.05, 3.63) is 123 Å². The van der Waals surface area contributed by atoms with Gasteiger partial charge in [0.15, 0.2) is 0 Å². The number of carbonyl (C=O) groups is 2. The third-order valence-electron chi connectivity index (χ3n) is 5.91. The number of methoxy groups -OCH3 is 1. The van der Waals surface area contributed by atoms with Crippen LogP contribution in [0.4, 0.5) is 5.69 Å². The molecule has 0 saturated heterocycles. The van der Waals surface area contributed by atoms with Crippen molar-refractivity contribution >= 4 is 41.0 Å². The quantitative estimate of drug-likeness (QED) is 0.0726. The molecule has 0 aliphatic heterocycles. The van der Waals surface area contributed by atoms with Crippen LogP contribution in [0, 0.1) is 17.0 Å². The second-order valence-electron chi connectivity index (χ2n) is 9.14. The van der Waals surface area contributed by atoms with E-state index in [1.807, 2.05) is 61.5 Å². The highest BCUT2D eigenvalue weighted by atomic mass is 16.6. The molecule has 0 fully saturated rings. The van der Waals surface area contributed by atoms with Gasteiger partial charge in [-0.3, -0.25) is 10.1 Å². The van der Waals surface area contributed by atoms with E-state index < -0.39 is 16.9 Å². The van der Waals surface area contributed by atoms with E-state index >= 15 is 0 Å². The highest BCUT2D eigenvalue weighted by molar-refractivity contribution is 6.21. The molecule has 0 bridgehead atoms. The Bertz CT molecular complexity index is 1440. The highest BCUT2D eigenvalue weighted by Gasteiger charge is 2.13. The third kappa shape index (κ3) is 8.52. The zero-order valence-electron chi connectivity index (χ0n) is 22.8. The molecular weight excluding hydrogens is 508 g/mol. The summed E-state index contributed by atoms with van der Waals surface area (Å²) < 4.78 is 10.2. The first kappa shape index (κ1) is 29.6. The zero-order valence-corrected chi connectivity index (χ0v) is 22.8. The molecule has 3 rings (SSSR count). The van der Waals surface area contributed by atoms with E-state index in [1.54, 1.807) is 25.1 Å². The van der Waals surface area contributed by atoms with Crippen molar-refractivity contribution in [1.82, 2.24) is 5.32 Å². The van der Waals surface area contributed by atoms with Gasteiger partial charge in [-0.25, -0.2) is 9.59 Å². The lowest BCUT2D eigenvalue weighted by molar-refractivity contribution is -0.384. The first-order valence-corrected chi connectivity index (χ1v) is 12.7. The van der Waals surface area contributed by atoms with Gasteiger partial charge in [-0.15, -0.1) is 0 Å². The molecule has 1 N–H and O–H groups in total. The van der Waals surface area contributed by atoms with Gasteiger partial charge in [0.05, 0.1) is 24.2 Å². The molecule has 0 aliphatic rings. The maximum Gasteiger partial charge on any atom is 0.338 e. The number of ether oxygens (including phenoxy) is 2. The molecule has 0 aromatic heterocycles. The summed E-state index contributed by atoms with van der Waals surface area (Å²) in [5.74, 6) is -0.877. The molecule has 0 aliphatic carbocycles. The number of aryl methyl sites for hydroxylation is 1. The smallest absolute Gasteiger partial charge is 0.338 e. The number of carbonyl (C=O) groups excluding carboxylic acids is 2. The number of hydrogen-bond donors (Lipinski definition) is 1. The first-order valence-electron chi connectivity index (χ1n) is 12.7. The minimum atomic E-state index is -0.445. The Morgan fingerprint density at radius 1 is 0.950 bits per heavy atom. The molecule has 3 aromatic carbocycles. The largest absolute Gasteiger partial charge is 0.465 e. The molecule has 3 aromatic rings. The lowest BCUT2D eigenvalue weighted by atomic mass is 10.00. The standard InChI is InChI=1S/C32H32N2O6/c1-22(2)31(35)40-18-6-17-33-30(27-13-15-28(16-14-27)34(37)38)21-25-8-5-7-24(19-25)20-29(32(36)39-4)26-11-9-23(3)10-12-26/h5,7-16,19-21,33H,1,6,17-18H2,2-4H3. The topological polar surface area (TPSA) is 108 Å². The molecule has 40 heavy (non-hydrogen) atoms. The number of benzene rings is 3. The number of nitro benzene ring substituents is 1. The second-order valence-corrected chi connectivity index (χ2v) is 9.14. The molecule has 0 radical (unpaired) electrons. The van der Waals surface area contributed by atoms with Gasteiger partial charge < -0.3 is 14.8 Å². The summed E-state index contributed by atoms with van der Waals surface area (Å²) in [7, 11) is 1.35. The van der Waals surface area contributed by atoms with Gasteiger partial charge in [-0.05, 0) is 72.9 Å². The fourth-order valence-corrected chi connectivity index (χ4v) is 3.76. The monoisotopic (exact) mass is 540 g/mol. The van der Waals surface area contributed by atoms with Crippen LogP contribution in [0.15, 0.2) is 84.9 Å². The molecule has 0 heterocycles. The van der Waals surface area contributed by atoms with Crippen molar-refractivity contribution in [3.8, 4) is 0 Å². The van der Waals surface area contributed by atoms with Crippen LogP contribution in [0.25, 0.3) is 23.4 Å². The van der Waals surface area contributed by atoms with Crippen LogP contribution < -0.4 is 5.32 Å². The summed E-state index contributed by atoms with van der Waals surface area (Å²) in [6, 6.07) is 21.5. The number of esters is 2. The molecule has 0 spiro atoms. The summed E-state index contributed by atoms with van der Waals surface area (Å²) in [6.07, 6.45) is 4.25. The van der Waals surface area contributed by atoms with E-state index in [0.717, 1.165) is 33.5 Å². The lowest BCUT2D eigenvalue weighted by Crippen LogP contribution is -2.17. The Morgan fingerprint density at radius 3 is 2.17 bits per heavy atom. The van der Waals surface area contributed by atoms with Gasteiger partial charge in [-0.2, -0.15) is 0 Å². The van der Waals surface area contributed by atoms with Crippen molar-refractivity contribution < 1.29 is 24.0 Å². The molecule has 0 atom stereocenters. The van der Waals surface area contributed by atoms with Crippen LogP contribution in [-0.4, -0.2) is 37.1 Å². The Kier molecular flexibility index (Phi) is 10.5. The molecule has 0 saturated carbocycles. The normalized spacial score (nSPS) is 11.5. The predicted molar refractivity (Wildman–Crippen MR) is 157 cm³/mol. The van der Waals surface area contributed by atoms with Crippen molar-refractivity contribution in [1.29, 1.82) is 0 Å². The predicted octanol–water partition coefficient (Wildman–Crippen LogP) is 6.21. The van der Waals surface area contributed by atoms with Crippen molar-refractivity contribution in [2.45, 2.75) is 20.3 Å². The summed E-state index contributed by atoms with van der Waals surface area (Å²) in [5.41, 5.74) is 5.72. The Labute approximate surface area is 233 Å². The Morgan fingerprint density at radius 2 is 1.57 bits per heavy atom. The molecule has 8 heteroatoms. The second kappa shape index (κ2) is 14.2. The van der Waals surface area contributed by atoms with Gasteiger partial charge in [0, 0.05) is 29.9 Å². The van der Waals surface area contributed by atoms with Gasteiger partial charge >= 0.3 is 11.9 Å². The summed E-state index contributed by atoms with van der Waals surface area (Å²) in [5, 5.41) is 14.5. The van der Waals surface area contributed by atoms with E-state index in [9.17, 15) is 19.7 Å². The number of nitrogens with zero attached hydrogens (tertiary/aromatic N) is 1. The van der Waals surface area contributed by atoms with E-state index in [0.29, 0.717) is 24.1 Å². The van der Waals surface area contributed by atoms with Gasteiger partial charge in [0.25, 0.3) is 5.69 Å². The fourth-order valence-electron chi connectivity index (χ4n) is 3.76. The number of nitrogens with one attached hydrogen (secondary N) is 1. The van der Waals surface area contributed by atoms with Crippen molar-refractivity contribution in [3.63, 3.8) is 0 Å². The van der Waals surface area contributed by atoms with Crippen molar-refractivity contribution in [2.75, 3.05) is 20.3 Å². The minimum Gasteiger partial charge on any atom is -0.465 e. The summed E-state index contributed by atoms with van der Waals surface area (Å²) in [6.45, 7) is 7.86. The highest BCUT2D eigenvalue weighted by Crippen LogP contribution is 2.23. The SMILES string of the molecule is C=C(C)C(=O)OCCCNC(=Cc1cccc(C=C(C(=O)OC)c2ccc(C)cc2)c1)c1ccc([N+](=O)[O-])cc1. The Hall–Kier alpha value is -4.98. The van der Waals surface area contributed by atoms with Crippen LogP contribution in [0.2, 0.25) is 0 Å². The average molecular weight is 541 g/mol. The zero-order chi connectivity index (χ0) is 29.1. The number of nitro groups is 1. The van der Waals surface area contributed by atoms with Gasteiger partial charge in [-0.1, -0.05) is 54.6 Å². The average Bonchev–Trinajstić information content (AvgIpc) is 2.95. The molecular formula is C32H32N2O6. The Balaban J connectivity index is 1.90. The van der Waals surface area contributed by atoms with E-state index in [-0.39, 0.29) is 12.3 Å². The number of non-ortho nitro benzene ring substituents is 1. The van der Waals surface area contributed by atoms with Crippen LogP contribution in [0.3, 0.4) is 0 Å². The van der Waals surface area contributed by atoms with Crippen LogP contribution in [0.1, 0.15) is 41.2 Å². The maximum atomic E-state index is 12.6. The maximum absolute atomic E-state index is 12.6. The van der Waals surface area contributed by atoms with E-state index in [4.69, 9.17) is 9.47 Å². The fraction of sp³-hybridized carbons (Fsp3) is 0.188. The van der Waals surface area contributed by atoms with Crippen LogP contribution in [0.5, 0.6) is 0 Å².